The van der Waals surface area contributed by atoms with Crippen LogP contribution in [0.3, 0.4) is 0 Å². The highest BCUT2D eigenvalue weighted by Gasteiger charge is 2.25. The van der Waals surface area contributed by atoms with Crippen LogP contribution in [0.1, 0.15) is 52.4 Å². The lowest BCUT2D eigenvalue weighted by molar-refractivity contribution is -0.116. The Balaban J connectivity index is 2.35. The summed E-state index contributed by atoms with van der Waals surface area (Å²) < 4.78 is 0. The van der Waals surface area contributed by atoms with Crippen LogP contribution < -0.4 is 0 Å². The molecule has 0 saturated carbocycles. The van der Waals surface area contributed by atoms with Gasteiger partial charge in [0.25, 0.3) is 0 Å². The van der Waals surface area contributed by atoms with Crippen molar-refractivity contribution in [2.75, 3.05) is 18.8 Å². The van der Waals surface area contributed by atoms with Crippen LogP contribution in [0.25, 0.3) is 0 Å². The number of thioether (sulfide) groups is 1. The second-order valence-electron chi connectivity index (χ2n) is 4.54. The second kappa shape index (κ2) is 8.13. The van der Waals surface area contributed by atoms with Gasteiger partial charge in [0.15, 0.2) is 0 Å². The fourth-order valence-electron chi connectivity index (χ4n) is 2.22. The summed E-state index contributed by atoms with van der Waals surface area (Å²) in [6.07, 6.45) is 7.18. The van der Waals surface area contributed by atoms with Gasteiger partial charge in [-0.3, -0.25) is 9.69 Å². The molecule has 0 aromatic carbocycles. The number of hydrogen-bond acceptors (Lipinski definition) is 3. The summed E-state index contributed by atoms with van der Waals surface area (Å²) in [6.45, 7) is 6.56. The largest absolute Gasteiger partial charge is 0.293 e. The first kappa shape index (κ1) is 14.0. The SMILES string of the molecule is CCCCSC(=O)C(CC)N1CCCCC1. The number of carbonyl (C=O) groups is 1. The van der Waals surface area contributed by atoms with Gasteiger partial charge in [-0.05, 0) is 38.8 Å². The Kier molecular flexibility index (Phi) is 7.13. The molecule has 0 spiro atoms. The first-order chi connectivity index (χ1) is 7.79. The number of rotatable bonds is 6. The molecule has 1 aliphatic heterocycles. The highest BCUT2D eigenvalue weighted by molar-refractivity contribution is 8.13. The maximum atomic E-state index is 12.1. The van der Waals surface area contributed by atoms with Gasteiger partial charge in [-0.15, -0.1) is 0 Å². The van der Waals surface area contributed by atoms with E-state index < -0.39 is 0 Å². The predicted octanol–water partition coefficient (Wildman–Crippen LogP) is 3.31. The van der Waals surface area contributed by atoms with Crippen LogP contribution in [0.15, 0.2) is 0 Å². The van der Waals surface area contributed by atoms with Gasteiger partial charge in [-0.2, -0.15) is 0 Å². The van der Waals surface area contributed by atoms with E-state index in [-0.39, 0.29) is 6.04 Å². The molecule has 1 heterocycles. The molecule has 1 atom stereocenters. The fourth-order valence-corrected chi connectivity index (χ4v) is 3.36. The maximum Gasteiger partial charge on any atom is 0.206 e. The molecule has 1 aliphatic rings. The van der Waals surface area contributed by atoms with Crippen molar-refractivity contribution in [3.8, 4) is 0 Å². The van der Waals surface area contributed by atoms with Gasteiger partial charge in [0.05, 0.1) is 6.04 Å². The first-order valence-electron chi connectivity index (χ1n) is 6.70. The smallest absolute Gasteiger partial charge is 0.206 e. The van der Waals surface area contributed by atoms with Crippen molar-refractivity contribution in [2.24, 2.45) is 0 Å². The van der Waals surface area contributed by atoms with Crippen LogP contribution in [-0.2, 0) is 4.79 Å². The van der Waals surface area contributed by atoms with Gasteiger partial charge in [0.1, 0.15) is 0 Å². The number of hydrogen-bond donors (Lipinski definition) is 0. The summed E-state index contributed by atoms with van der Waals surface area (Å²) in [7, 11) is 0. The molecular weight excluding hydrogens is 218 g/mol. The Labute approximate surface area is 104 Å². The van der Waals surface area contributed by atoms with Crippen molar-refractivity contribution >= 4 is 16.9 Å². The zero-order valence-electron chi connectivity index (χ0n) is 10.7. The highest BCUT2D eigenvalue weighted by atomic mass is 32.2. The van der Waals surface area contributed by atoms with Crippen molar-refractivity contribution in [1.29, 1.82) is 0 Å². The molecule has 3 heteroatoms. The van der Waals surface area contributed by atoms with Crippen LogP contribution in [0, 0.1) is 0 Å². The van der Waals surface area contributed by atoms with Crippen LogP contribution in [0.2, 0.25) is 0 Å². The third-order valence-electron chi connectivity index (χ3n) is 3.23. The lowest BCUT2D eigenvalue weighted by atomic mass is 10.1. The third-order valence-corrected chi connectivity index (χ3v) is 4.28. The van der Waals surface area contributed by atoms with E-state index in [4.69, 9.17) is 0 Å². The number of nitrogens with zero attached hydrogens (tertiary/aromatic N) is 1. The quantitative estimate of drug-likeness (QED) is 0.668. The normalized spacial score (nSPS) is 19.6. The molecule has 0 aliphatic carbocycles. The minimum Gasteiger partial charge on any atom is -0.293 e. The Morgan fingerprint density at radius 3 is 2.50 bits per heavy atom. The van der Waals surface area contributed by atoms with E-state index in [1.54, 1.807) is 11.8 Å². The Morgan fingerprint density at radius 1 is 1.25 bits per heavy atom. The minimum absolute atomic E-state index is 0.183. The van der Waals surface area contributed by atoms with Crippen LogP contribution in [-0.4, -0.2) is 34.9 Å². The van der Waals surface area contributed by atoms with Gasteiger partial charge in [-0.1, -0.05) is 38.5 Å². The summed E-state index contributed by atoms with van der Waals surface area (Å²) in [5.74, 6) is 1.000. The van der Waals surface area contributed by atoms with E-state index in [9.17, 15) is 4.79 Å². The molecule has 2 nitrogen and oxygen atoms in total. The number of piperidine rings is 1. The van der Waals surface area contributed by atoms with Crippen molar-refractivity contribution < 1.29 is 4.79 Å². The lowest BCUT2D eigenvalue weighted by Gasteiger charge is -2.32. The number of likely N-dealkylation sites (tertiary alicyclic amines) is 1. The van der Waals surface area contributed by atoms with E-state index in [0.29, 0.717) is 5.12 Å². The molecule has 1 unspecified atom stereocenters. The topological polar surface area (TPSA) is 20.3 Å². The first-order valence-corrected chi connectivity index (χ1v) is 7.68. The van der Waals surface area contributed by atoms with Gasteiger partial charge >= 0.3 is 0 Å². The van der Waals surface area contributed by atoms with Crippen LogP contribution >= 0.6 is 11.8 Å². The lowest BCUT2D eigenvalue weighted by Crippen LogP contribution is -2.42. The number of unbranched alkanes of at least 4 members (excludes halogenated alkanes) is 1. The van der Waals surface area contributed by atoms with Crippen LogP contribution in [0.5, 0.6) is 0 Å². The molecule has 0 aromatic rings. The van der Waals surface area contributed by atoms with Crippen molar-refractivity contribution in [3.05, 3.63) is 0 Å². The molecule has 0 N–H and O–H groups in total. The number of carbonyl (C=O) groups excluding carboxylic acids is 1. The summed E-state index contributed by atoms with van der Waals surface area (Å²) >= 11 is 1.55. The minimum atomic E-state index is 0.183. The summed E-state index contributed by atoms with van der Waals surface area (Å²) in [5.41, 5.74) is 0. The van der Waals surface area contributed by atoms with Gasteiger partial charge < -0.3 is 0 Å². The Morgan fingerprint density at radius 2 is 1.94 bits per heavy atom. The van der Waals surface area contributed by atoms with Crippen molar-refractivity contribution in [3.63, 3.8) is 0 Å². The molecule has 0 bridgehead atoms. The molecule has 16 heavy (non-hydrogen) atoms. The molecule has 0 aromatic heterocycles. The highest BCUT2D eigenvalue weighted by Crippen LogP contribution is 2.19. The Hall–Kier alpha value is -0.0200. The predicted molar refractivity (Wildman–Crippen MR) is 71.9 cm³/mol. The second-order valence-corrected chi connectivity index (χ2v) is 5.64. The zero-order valence-corrected chi connectivity index (χ0v) is 11.5. The maximum absolute atomic E-state index is 12.1. The Bertz CT molecular complexity index is 202. The average molecular weight is 243 g/mol. The van der Waals surface area contributed by atoms with E-state index in [1.807, 2.05) is 0 Å². The molecule has 1 fully saturated rings. The standard InChI is InChI=1S/C13H25NOS/c1-3-5-11-16-13(15)12(4-2)14-9-7-6-8-10-14/h12H,3-11H2,1-2H3. The van der Waals surface area contributed by atoms with Gasteiger partial charge in [-0.25, -0.2) is 0 Å². The van der Waals surface area contributed by atoms with Crippen molar-refractivity contribution in [1.82, 2.24) is 4.90 Å². The monoisotopic (exact) mass is 243 g/mol. The van der Waals surface area contributed by atoms with E-state index in [0.717, 1.165) is 31.7 Å². The molecule has 0 amide bonds. The molecule has 94 valence electrons. The summed E-state index contributed by atoms with van der Waals surface area (Å²) in [4.78, 5) is 14.5. The van der Waals surface area contributed by atoms with Gasteiger partial charge in [0.2, 0.25) is 5.12 Å². The third kappa shape index (κ3) is 4.46. The van der Waals surface area contributed by atoms with Crippen molar-refractivity contribution in [2.45, 2.75) is 58.4 Å². The summed E-state index contributed by atoms with van der Waals surface area (Å²) in [5, 5.41) is 0.401. The molecule has 0 radical (unpaired) electrons. The average Bonchev–Trinajstić information content (AvgIpc) is 2.32. The molecule has 1 saturated heterocycles. The van der Waals surface area contributed by atoms with E-state index >= 15 is 0 Å². The summed E-state index contributed by atoms with van der Waals surface area (Å²) in [6, 6.07) is 0.183. The molecular formula is C13H25NOS. The molecule has 1 rings (SSSR count). The fraction of sp³-hybridized carbons (Fsp3) is 0.923. The van der Waals surface area contributed by atoms with E-state index in [2.05, 4.69) is 18.7 Å². The zero-order chi connectivity index (χ0) is 11.8. The van der Waals surface area contributed by atoms with Gasteiger partial charge in [0, 0.05) is 5.75 Å². The van der Waals surface area contributed by atoms with Crippen LogP contribution in [0.4, 0.5) is 0 Å². The van der Waals surface area contributed by atoms with E-state index in [1.165, 1.54) is 25.7 Å².